The fourth-order valence-corrected chi connectivity index (χ4v) is 13.7. The maximum absolute atomic E-state index is 12.6. The Balaban J connectivity index is -0.00000163. The number of rotatable bonds is 48. The molecule has 3 saturated heterocycles. The van der Waals surface area contributed by atoms with Crippen molar-refractivity contribution < 1.29 is 500 Å². The van der Waals surface area contributed by atoms with Gasteiger partial charge in [-0.2, -0.15) is 0 Å². The molecule has 3 heterocycles. The van der Waals surface area contributed by atoms with Crippen molar-refractivity contribution in [3.05, 3.63) is 0 Å². The van der Waals surface area contributed by atoms with E-state index in [0.717, 1.165) is 44.9 Å². The van der Waals surface area contributed by atoms with Crippen LogP contribution in [-0.4, -0.2) is 261 Å². The van der Waals surface area contributed by atoms with E-state index in [1.54, 1.807) is 0 Å². The standard InChI is InChI=1S/C39H73NO47S10.10Na/c1-2-3-4-5-6-7-8-9-10-11-12-13-14-15-16-18-27(41)40-19-17-20-72-37-34(85-95(63,64)65)31(82-92(54,55)56)28(24(76-37)21-73-88(42,43)44)79-38-35(86-96(66,67)68)32(83-93(57,58)59)29(25(77-38)22-74-89(45,46)47)80-39-36(87-97(69,70)71)33(84-94(60,61)62)30(81-91(51,52)53)26(78-39)23-75-90(48,49)50;;;;;;;;;;/h24-26,28-39H,2-23H2,1H3,(H,40,41)(H,42,43,44)(H,45,46,47)(H,48,49,50)(H,51,52,53)(H,54,55,56)(H,57,58,59)(H,60,61,62)(H,63,64,65)(H,66,67,68)(H,69,70,71);;;;;;;;;;/q;10*+1/p-10/t24-,25-,26-,28-,29-,30-,31+,32+,33+,34-,35-,36-,37-,38-,39-;;;;;;;;;;/m1........../s1. The number of nitrogens with one attached hydrogen (secondary N) is 1. The average Bonchev–Trinajstić information content (AvgIpc) is 0.759. The summed E-state index contributed by atoms with van der Waals surface area (Å²) in [6.07, 6.45) is -37.1. The van der Waals surface area contributed by atoms with Gasteiger partial charge in [0.15, 0.2) is 37.2 Å². The topological polar surface area (TPSA) is 749 Å². The first-order chi connectivity index (χ1) is 44.2. The molecular formula is C39H63NNa10O47S10. The second-order valence-corrected chi connectivity index (χ2v) is 30.7. The van der Waals surface area contributed by atoms with Crippen LogP contribution < -0.4 is 301 Å². The Morgan fingerprint density at radius 3 is 0.813 bits per heavy atom. The van der Waals surface area contributed by atoms with E-state index >= 15 is 0 Å². The van der Waals surface area contributed by atoms with Crippen molar-refractivity contribution >= 4 is 110 Å². The van der Waals surface area contributed by atoms with Crippen LogP contribution in [0.1, 0.15) is 116 Å². The van der Waals surface area contributed by atoms with Crippen molar-refractivity contribution in [1.82, 2.24) is 5.32 Å². The van der Waals surface area contributed by atoms with E-state index in [1.807, 2.05) is 0 Å². The van der Waals surface area contributed by atoms with E-state index in [-0.39, 0.29) is 315 Å². The molecule has 0 unspecified atom stereocenters. The zero-order chi connectivity index (χ0) is 73.8. The Bertz CT molecular complexity index is 3720. The van der Waals surface area contributed by atoms with Crippen LogP contribution in [0.15, 0.2) is 0 Å². The van der Waals surface area contributed by atoms with Crippen molar-refractivity contribution in [2.45, 2.75) is 208 Å². The van der Waals surface area contributed by atoms with Crippen molar-refractivity contribution in [3.8, 4) is 0 Å². The number of unbranched alkanes of at least 4 members (excludes halogenated alkanes) is 14. The maximum Gasteiger partial charge on any atom is 1.00 e. The number of carbonyl (C=O) groups excluding carboxylic acids is 1. The molecule has 576 valence electrons. The number of hydrogen-bond acceptors (Lipinski definition) is 47. The SMILES string of the molecule is CCCCCCCCCCCCCCCCCC(=O)NCCCO[C@@H]1O[C@H](COS(=O)(=O)[O-])[C@@H](O[C@H]2O[C@H](COS(=O)(=O)[O-])[C@@H](O[C@H]3O[C@H](COS(=O)(=O)[O-])[C@@H](OS(=O)(=O)[O-])[C@H](OS(=O)(=O)[O-])[C@H]3OS(=O)(=O)[O-])[C@H](OS(=O)(=O)[O-])[C@H]2OS(=O)(=O)[O-])[C@H](OS(=O)(=O)[O-])[C@H]1OS(=O)(=O)[O-].[Na+].[Na+].[Na+].[Na+].[Na+].[Na+].[Na+].[Na+].[Na+].[Na+]. The molecule has 68 heteroatoms. The zero-order valence-corrected chi connectivity index (χ0v) is 87.7. The Morgan fingerprint density at radius 2 is 0.533 bits per heavy atom. The summed E-state index contributed by atoms with van der Waals surface area (Å²) in [7, 11) is -65.5. The number of hydrogen-bond donors (Lipinski definition) is 1. The summed E-state index contributed by atoms with van der Waals surface area (Å²) >= 11 is 0. The second-order valence-electron chi connectivity index (χ2n) is 20.5. The normalized spacial score (nSPS) is 25.2. The van der Waals surface area contributed by atoms with Crippen molar-refractivity contribution in [3.63, 3.8) is 0 Å². The second kappa shape index (κ2) is 60.5. The molecule has 0 bridgehead atoms. The van der Waals surface area contributed by atoms with Crippen LogP contribution in [0.4, 0.5) is 0 Å². The monoisotopic (exact) mass is 1850 g/mol. The van der Waals surface area contributed by atoms with Gasteiger partial charge < -0.3 is 79.3 Å². The van der Waals surface area contributed by atoms with Gasteiger partial charge in [0, 0.05) is 13.0 Å². The molecule has 0 aromatic carbocycles. The summed E-state index contributed by atoms with van der Waals surface area (Å²) in [6.45, 7) is -5.67. The summed E-state index contributed by atoms with van der Waals surface area (Å²) in [5.41, 5.74) is 0. The van der Waals surface area contributed by atoms with Gasteiger partial charge in [0.2, 0.25) is 110 Å². The molecule has 3 aliphatic heterocycles. The van der Waals surface area contributed by atoms with E-state index in [0.29, 0.717) is 12.8 Å². The van der Waals surface area contributed by atoms with Crippen LogP contribution in [0, 0.1) is 0 Å². The molecule has 0 aromatic rings. The van der Waals surface area contributed by atoms with E-state index in [4.69, 9.17) is 28.4 Å². The van der Waals surface area contributed by atoms with Crippen molar-refractivity contribution in [1.29, 1.82) is 0 Å². The van der Waals surface area contributed by atoms with Gasteiger partial charge in [-0.25, -0.2) is 84.2 Å². The molecule has 3 fully saturated rings. The number of amides is 1. The third-order valence-electron chi connectivity index (χ3n) is 13.0. The fraction of sp³-hybridized carbons (Fsp3) is 0.974. The minimum Gasteiger partial charge on any atom is -0.726 e. The summed E-state index contributed by atoms with van der Waals surface area (Å²) in [6, 6.07) is 0. The number of carbonyl (C=O) groups is 1. The molecule has 0 radical (unpaired) electrons. The first-order valence-corrected chi connectivity index (χ1v) is 41.0. The van der Waals surface area contributed by atoms with Gasteiger partial charge in [0.05, 0.1) is 26.4 Å². The third kappa shape index (κ3) is 60.2. The summed E-state index contributed by atoms with van der Waals surface area (Å²) in [5.74, 6) is -0.520. The van der Waals surface area contributed by atoms with Gasteiger partial charge >= 0.3 is 296 Å². The van der Waals surface area contributed by atoms with Gasteiger partial charge in [-0.3, -0.25) is 46.6 Å². The summed E-state index contributed by atoms with van der Waals surface area (Å²) < 4.78 is 435. The molecule has 48 nitrogen and oxygen atoms in total. The fourth-order valence-electron chi connectivity index (χ4n) is 9.43. The van der Waals surface area contributed by atoms with Crippen LogP contribution >= 0.6 is 0 Å². The Hall–Kier alpha value is 7.93. The maximum atomic E-state index is 12.6. The minimum atomic E-state index is -6.89. The molecule has 0 spiro atoms. The predicted octanol–water partition coefficient (Wildman–Crippen LogP) is -35.9. The molecule has 1 amide bonds. The van der Waals surface area contributed by atoms with Gasteiger partial charge in [0.1, 0.15) is 54.9 Å². The quantitative estimate of drug-likeness (QED) is 0.0256. The van der Waals surface area contributed by atoms with Crippen LogP contribution in [-0.2, 0) is 179 Å². The van der Waals surface area contributed by atoms with Crippen LogP contribution in [0.2, 0.25) is 0 Å². The summed E-state index contributed by atoms with van der Waals surface area (Å²) in [5, 5.41) is 2.47. The largest absolute Gasteiger partial charge is 1.00 e. The number of ether oxygens (including phenoxy) is 6. The average molecular weight is 1850 g/mol. The van der Waals surface area contributed by atoms with Crippen LogP contribution in [0.5, 0.6) is 0 Å². The molecule has 3 aliphatic rings. The van der Waals surface area contributed by atoms with E-state index < -0.39 is 228 Å². The van der Waals surface area contributed by atoms with E-state index in [2.05, 4.69) is 54.1 Å². The first-order valence-electron chi connectivity index (χ1n) is 27.7. The molecule has 107 heavy (non-hydrogen) atoms. The third-order valence-corrected chi connectivity index (χ3v) is 17.5. The predicted molar refractivity (Wildman–Crippen MR) is 288 cm³/mol. The molecule has 0 aromatic heterocycles. The minimum absolute atomic E-state index is 0. The molecule has 15 atom stereocenters. The smallest absolute Gasteiger partial charge is 0.726 e. The van der Waals surface area contributed by atoms with Gasteiger partial charge in [-0.1, -0.05) is 96.8 Å². The molecule has 0 saturated carbocycles. The molecular weight excluding hydrogens is 1780 g/mol. The summed E-state index contributed by atoms with van der Waals surface area (Å²) in [4.78, 5) is 12.6. The Morgan fingerprint density at radius 1 is 0.299 bits per heavy atom. The molecule has 3 rings (SSSR count). The van der Waals surface area contributed by atoms with Crippen LogP contribution in [0.3, 0.4) is 0 Å². The molecule has 0 aliphatic carbocycles. The Labute approximate surface area is 842 Å². The van der Waals surface area contributed by atoms with E-state index in [9.17, 15) is 135 Å². The Kier molecular flexibility index (Phi) is 73.8. The van der Waals surface area contributed by atoms with Crippen molar-refractivity contribution in [2.24, 2.45) is 0 Å². The zero-order valence-electron chi connectivity index (χ0n) is 59.5. The van der Waals surface area contributed by atoms with Crippen molar-refractivity contribution in [2.75, 3.05) is 33.0 Å². The molecule has 1 N–H and O–H groups in total. The van der Waals surface area contributed by atoms with Gasteiger partial charge in [-0.15, -0.1) is 0 Å². The van der Waals surface area contributed by atoms with E-state index in [1.165, 1.54) is 38.5 Å². The van der Waals surface area contributed by atoms with Gasteiger partial charge in [-0.05, 0) is 12.8 Å². The first kappa shape index (κ1) is 130. The van der Waals surface area contributed by atoms with Gasteiger partial charge in [0.25, 0.3) is 0 Å². The van der Waals surface area contributed by atoms with Crippen LogP contribution in [0.25, 0.3) is 0 Å².